The second-order valence-corrected chi connectivity index (χ2v) is 8.44. The van der Waals surface area contributed by atoms with Crippen molar-refractivity contribution in [2.45, 2.75) is 0 Å². The monoisotopic (exact) mass is 614 g/mol. The van der Waals surface area contributed by atoms with Gasteiger partial charge in [-0.15, -0.1) is 4.91 Å². The number of benzene rings is 6. The Morgan fingerprint density at radius 2 is 1.21 bits per heavy atom. The summed E-state index contributed by atoms with van der Waals surface area (Å²) in [6.45, 7) is 0. The topological polar surface area (TPSA) is 34.4 Å². The van der Waals surface area contributed by atoms with Crippen molar-refractivity contribution >= 4 is 49.0 Å². The second kappa shape index (κ2) is 7.87. The van der Waals surface area contributed by atoms with Gasteiger partial charge in [0.05, 0.1) is 11.0 Å². The van der Waals surface area contributed by atoms with E-state index in [2.05, 4.69) is 94.7 Å². The maximum absolute atomic E-state index is 11.4. The van der Waals surface area contributed by atoms with E-state index in [1.807, 2.05) is 18.2 Å². The van der Waals surface area contributed by atoms with Crippen LogP contribution in [-0.2, 0) is 19.8 Å². The number of aromatic nitrogens is 1. The Kier molecular flexibility index (Phi) is 4.80. The van der Waals surface area contributed by atoms with Gasteiger partial charge in [-0.25, -0.2) is 0 Å². The summed E-state index contributed by atoms with van der Waals surface area (Å²) in [5, 5.41) is 10.7. The first-order valence-electron chi connectivity index (χ1n) is 11.0. The van der Waals surface area contributed by atoms with Gasteiger partial charge >= 0.3 is 0 Å². The van der Waals surface area contributed by atoms with Crippen LogP contribution in [-0.4, -0.2) is 4.57 Å². The van der Waals surface area contributed by atoms with Gasteiger partial charge in [0.15, 0.2) is 0 Å². The molecular formula is C30H18N2OOs. The molecule has 0 N–H and O–H groups in total. The quantitative estimate of drug-likeness (QED) is 0.145. The summed E-state index contributed by atoms with van der Waals surface area (Å²) in [4.78, 5) is 11.4. The zero-order chi connectivity index (χ0) is 21.9. The average molecular weight is 613 g/mol. The van der Waals surface area contributed by atoms with Gasteiger partial charge in [-0.2, -0.15) is 0 Å². The Morgan fingerprint density at radius 3 is 1.91 bits per heavy atom. The van der Waals surface area contributed by atoms with E-state index in [1.165, 1.54) is 43.4 Å². The Balaban J connectivity index is 0.00000217. The van der Waals surface area contributed by atoms with Crippen LogP contribution in [0, 0.1) is 4.91 Å². The first-order chi connectivity index (χ1) is 16.3. The largest absolute Gasteiger partial charge is 0.309 e. The molecule has 7 rings (SSSR count). The molecule has 0 spiro atoms. The van der Waals surface area contributed by atoms with Crippen molar-refractivity contribution in [1.29, 1.82) is 0 Å². The third-order valence-corrected chi connectivity index (χ3v) is 6.74. The minimum absolute atomic E-state index is 0. The zero-order valence-corrected chi connectivity index (χ0v) is 20.6. The third kappa shape index (κ3) is 2.79. The van der Waals surface area contributed by atoms with E-state index >= 15 is 0 Å². The van der Waals surface area contributed by atoms with Crippen LogP contribution in [0.1, 0.15) is 0 Å². The number of hydrogen-bond acceptors (Lipinski definition) is 2. The Morgan fingerprint density at radius 1 is 0.559 bits per heavy atom. The molecule has 162 valence electrons. The molecule has 0 bridgehead atoms. The van der Waals surface area contributed by atoms with Crippen molar-refractivity contribution in [2.75, 3.05) is 0 Å². The van der Waals surface area contributed by atoms with Gasteiger partial charge in [-0.3, -0.25) is 0 Å². The van der Waals surface area contributed by atoms with Gasteiger partial charge in [0.25, 0.3) is 0 Å². The normalized spacial score (nSPS) is 11.4. The van der Waals surface area contributed by atoms with Crippen molar-refractivity contribution in [3.05, 3.63) is 114 Å². The van der Waals surface area contributed by atoms with Gasteiger partial charge in [-0.05, 0) is 68.7 Å². The summed E-state index contributed by atoms with van der Waals surface area (Å²) in [6, 6.07) is 37.7. The molecule has 3 nitrogen and oxygen atoms in total. The van der Waals surface area contributed by atoms with E-state index in [4.69, 9.17) is 0 Å². The van der Waals surface area contributed by atoms with E-state index in [9.17, 15) is 4.91 Å². The molecule has 4 heteroatoms. The van der Waals surface area contributed by atoms with Crippen molar-refractivity contribution in [1.82, 2.24) is 4.57 Å². The summed E-state index contributed by atoms with van der Waals surface area (Å²) in [7, 11) is 0. The SMILES string of the molecule is O=Nc1ccccc1-c1ccc2c(c1)c1cccc3c1c1c2cccc1n3-c1ccccc1.[Os]. The summed E-state index contributed by atoms with van der Waals surface area (Å²) in [5.41, 5.74) is 5.89. The second-order valence-electron chi connectivity index (χ2n) is 8.44. The predicted molar refractivity (Wildman–Crippen MR) is 138 cm³/mol. The molecule has 0 aliphatic rings. The first-order valence-corrected chi connectivity index (χ1v) is 11.0. The molecule has 0 radical (unpaired) electrons. The smallest absolute Gasteiger partial charge is 0.115 e. The fourth-order valence-electron chi connectivity index (χ4n) is 5.38. The summed E-state index contributed by atoms with van der Waals surface area (Å²) in [6.07, 6.45) is 0. The van der Waals surface area contributed by atoms with Gasteiger partial charge in [-0.1, -0.05) is 72.8 Å². The number of para-hydroxylation sites is 1. The zero-order valence-electron chi connectivity index (χ0n) is 18.0. The molecule has 6 aromatic carbocycles. The molecule has 0 amide bonds. The van der Waals surface area contributed by atoms with Crippen LogP contribution in [0.25, 0.3) is 60.2 Å². The summed E-state index contributed by atoms with van der Waals surface area (Å²) >= 11 is 0. The van der Waals surface area contributed by atoms with E-state index in [1.54, 1.807) is 6.07 Å². The summed E-state index contributed by atoms with van der Waals surface area (Å²) in [5.74, 6) is 0. The number of fused-ring (bicyclic) bond motifs is 3. The standard InChI is InChI=1S/C30H18N2O.Os/c33-31-26-13-5-4-10-21(26)19-16-17-22-23-11-6-14-27-29(23)30-24(25(22)18-19)12-7-15-28(30)32(27)20-8-2-1-3-9-20;/h1-18H;. The van der Waals surface area contributed by atoms with Crippen LogP contribution in [0.5, 0.6) is 0 Å². The molecule has 0 saturated heterocycles. The third-order valence-electron chi connectivity index (χ3n) is 6.74. The van der Waals surface area contributed by atoms with Crippen molar-refractivity contribution in [3.63, 3.8) is 0 Å². The number of rotatable bonds is 3. The van der Waals surface area contributed by atoms with Crippen LogP contribution in [0.15, 0.2) is 114 Å². The molecule has 0 aliphatic carbocycles. The Labute approximate surface area is 209 Å². The van der Waals surface area contributed by atoms with E-state index < -0.39 is 0 Å². The van der Waals surface area contributed by atoms with Crippen LogP contribution in [0.4, 0.5) is 5.69 Å². The van der Waals surface area contributed by atoms with Crippen LogP contribution < -0.4 is 0 Å². The first kappa shape index (κ1) is 20.7. The molecule has 34 heavy (non-hydrogen) atoms. The van der Waals surface area contributed by atoms with Gasteiger partial charge < -0.3 is 4.57 Å². The molecule has 7 aromatic rings. The molecular weight excluding hydrogens is 595 g/mol. The molecule has 1 heterocycles. The maximum Gasteiger partial charge on any atom is 0.115 e. The fraction of sp³-hybridized carbons (Fsp3) is 0. The maximum atomic E-state index is 11.4. The van der Waals surface area contributed by atoms with Crippen molar-refractivity contribution in [2.24, 2.45) is 5.18 Å². The molecule has 0 unspecified atom stereocenters. The van der Waals surface area contributed by atoms with Crippen LogP contribution in [0.2, 0.25) is 0 Å². The van der Waals surface area contributed by atoms with Gasteiger partial charge in [0.1, 0.15) is 5.69 Å². The fourth-order valence-corrected chi connectivity index (χ4v) is 5.38. The minimum Gasteiger partial charge on any atom is -0.309 e. The number of nitroso groups, excluding NO2 is 1. The molecule has 0 saturated carbocycles. The Hall–Kier alpha value is -3.86. The Bertz CT molecular complexity index is 1840. The molecule has 1 aromatic heterocycles. The van der Waals surface area contributed by atoms with Crippen LogP contribution in [0.3, 0.4) is 0 Å². The predicted octanol–water partition coefficient (Wildman–Crippen LogP) is 8.59. The molecule has 0 fully saturated rings. The number of nitrogens with zero attached hydrogens (tertiary/aromatic N) is 2. The van der Waals surface area contributed by atoms with E-state index in [0.717, 1.165) is 16.8 Å². The van der Waals surface area contributed by atoms with Crippen molar-refractivity contribution in [3.8, 4) is 16.8 Å². The molecule has 0 atom stereocenters. The number of hydrogen-bond donors (Lipinski definition) is 0. The van der Waals surface area contributed by atoms with Crippen LogP contribution >= 0.6 is 0 Å². The van der Waals surface area contributed by atoms with E-state index in [0.29, 0.717) is 5.69 Å². The average Bonchev–Trinajstić information content (AvgIpc) is 3.23. The van der Waals surface area contributed by atoms with Crippen molar-refractivity contribution < 1.29 is 19.8 Å². The van der Waals surface area contributed by atoms with Gasteiger partial charge in [0, 0.05) is 41.8 Å². The molecule has 0 aliphatic heterocycles. The minimum atomic E-state index is 0. The van der Waals surface area contributed by atoms with Gasteiger partial charge in [0.2, 0.25) is 0 Å². The van der Waals surface area contributed by atoms with E-state index in [-0.39, 0.29) is 19.8 Å². The summed E-state index contributed by atoms with van der Waals surface area (Å²) < 4.78 is 2.36.